The summed E-state index contributed by atoms with van der Waals surface area (Å²) in [5.41, 5.74) is 0. The van der Waals surface area contributed by atoms with Crippen LogP contribution in [0.1, 0.15) is 79.1 Å². The van der Waals surface area contributed by atoms with Gasteiger partial charge in [-0.2, -0.15) is 0 Å². The van der Waals surface area contributed by atoms with Gasteiger partial charge in [0.05, 0.1) is 0 Å². The molecule has 0 aromatic rings. The Morgan fingerprint density at radius 2 is 1.39 bits per heavy atom. The van der Waals surface area contributed by atoms with E-state index in [2.05, 4.69) is 33.0 Å². The molecular weight excluding hydrogens is 222 g/mol. The lowest BCUT2D eigenvalue weighted by atomic mass is 10.0. The molecule has 0 atom stereocenters. The van der Waals surface area contributed by atoms with Gasteiger partial charge >= 0.3 is 0 Å². The van der Waals surface area contributed by atoms with Gasteiger partial charge in [-0.1, -0.05) is 66.2 Å². The minimum atomic E-state index is 0.210. The van der Waals surface area contributed by atoms with Gasteiger partial charge in [-0.15, -0.1) is 0 Å². The third-order valence-electron chi connectivity index (χ3n) is 3.12. The zero-order valence-corrected chi connectivity index (χ0v) is 12.9. The average molecular weight is 255 g/mol. The van der Waals surface area contributed by atoms with Crippen molar-refractivity contribution in [2.75, 3.05) is 6.54 Å². The Kier molecular flexibility index (Phi) is 11.2. The zero-order valence-electron chi connectivity index (χ0n) is 12.9. The van der Waals surface area contributed by atoms with Crippen LogP contribution in [-0.2, 0) is 4.79 Å². The van der Waals surface area contributed by atoms with Crippen LogP contribution < -0.4 is 5.32 Å². The van der Waals surface area contributed by atoms with E-state index in [0.717, 1.165) is 18.9 Å². The highest BCUT2D eigenvalue weighted by molar-refractivity contribution is 5.75. The van der Waals surface area contributed by atoms with Crippen LogP contribution in [-0.4, -0.2) is 12.5 Å². The van der Waals surface area contributed by atoms with E-state index in [4.69, 9.17) is 0 Å². The molecule has 108 valence electrons. The highest BCUT2D eigenvalue weighted by Crippen LogP contribution is 2.11. The van der Waals surface area contributed by atoms with Crippen LogP contribution in [0.5, 0.6) is 0 Å². The first-order chi connectivity index (χ1) is 8.52. The summed E-state index contributed by atoms with van der Waals surface area (Å²) in [6.45, 7) is 9.60. The minimum Gasteiger partial charge on any atom is -0.356 e. The summed E-state index contributed by atoms with van der Waals surface area (Å²) in [6, 6.07) is 0. The molecule has 1 N–H and O–H groups in total. The largest absolute Gasteiger partial charge is 0.356 e. The Balaban J connectivity index is 3.14. The molecule has 0 aliphatic rings. The second-order valence-electron chi connectivity index (χ2n) is 6.25. The maximum absolute atomic E-state index is 11.4. The molecule has 0 fully saturated rings. The standard InChI is InChI=1S/C16H33NO/c1-14(2)11-9-7-5-6-8-10-12-17-16(18)13-15(3)4/h14-15H,5-13H2,1-4H3,(H,17,18). The number of nitrogens with one attached hydrogen (secondary N) is 1. The van der Waals surface area contributed by atoms with Crippen LogP contribution in [0, 0.1) is 11.8 Å². The third-order valence-corrected chi connectivity index (χ3v) is 3.12. The molecule has 18 heavy (non-hydrogen) atoms. The minimum absolute atomic E-state index is 0.210. The lowest BCUT2D eigenvalue weighted by molar-refractivity contribution is -0.121. The lowest BCUT2D eigenvalue weighted by Crippen LogP contribution is -2.25. The van der Waals surface area contributed by atoms with Gasteiger partial charge in [0.25, 0.3) is 0 Å². The summed E-state index contributed by atoms with van der Waals surface area (Å²) in [6.07, 6.45) is 9.84. The summed E-state index contributed by atoms with van der Waals surface area (Å²) in [5.74, 6) is 1.52. The number of unbranched alkanes of at least 4 members (excludes halogenated alkanes) is 5. The van der Waals surface area contributed by atoms with E-state index >= 15 is 0 Å². The van der Waals surface area contributed by atoms with E-state index in [-0.39, 0.29) is 5.91 Å². The molecule has 0 aliphatic carbocycles. The van der Waals surface area contributed by atoms with E-state index in [1.54, 1.807) is 0 Å². The Labute approximate surface area is 114 Å². The fraction of sp³-hybridized carbons (Fsp3) is 0.938. The van der Waals surface area contributed by atoms with Crippen molar-refractivity contribution in [2.45, 2.75) is 79.1 Å². The summed E-state index contributed by atoms with van der Waals surface area (Å²) in [5, 5.41) is 2.99. The van der Waals surface area contributed by atoms with E-state index in [1.165, 1.54) is 38.5 Å². The number of carbonyl (C=O) groups is 1. The van der Waals surface area contributed by atoms with Crippen molar-refractivity contribution in [3.63, 3.8) is 0 Å². The predicted octanol–water partition coefficient (Wildman–Crippen LogP) is 4.54. The summed E-state index contributed by atoms with van der Waals surface area (Å²) < 4.78 is 0. The molecular formula is C16H33NO. The molecule has 0 unspecified atom stereocenters. The van der Waals surface area contributed by atoms with Crippen molar-refractivity contribution in [3.05, 3.63) is 0 Å². The summed E-state index contributed by atoms with van der Waals surface area (Å²) in [4.78, 5) is 11.4. The first-order valence-electron chi connectivity index (χ1n) is 7.79. The fourth-order valence-corrected chi connectivity index (χ4v) is 2.06. The molecule has 0 radical (unpaired) electrons. The number of hydrogen-bond donors (Lipinski definition) is 1. The van der Waals surface area contributed by atoms with E-state index in [9.17, 15) is 4.79 Å². The molecule has 1 amide bonds. The number of amides is 1. The Bertz CT molecular complexity index is 199. The van der Waals surface area contributed by atoms with Crippen LogP contribution in [0.4, 0.5) is 0 Å². The first-order valence-corrected chi connectivity index (χ1v) is 7.79. The van der Waals surface area contributed by atoms with Gasteiger partial charge in [0.2, 0.25) is 5.91 Å². The lowest BCUT2D eigenvalue weighted by Gasteiger charge is -2.07. The van der Waals surface area contributed by atoms with E-state index in [1.807, 2.05) is 0 Å². The van der Waals surface area contributed by atoms with Crippen LogP contribution >= 0.6 is 0 Å². The summed E-state index contributed by atoms with van der Waals surface area (Å²) in [7, 11) is 0. The Morgan fingerprint density at radius 3 is 1.94 bits per heavy atom. The highest BCUT2D eigenvalue weighted by Gasteiger charge is 2.03. The van der Waals surface area contributed by atoms with Crippen molar-refractivity contribution < 1.29 is 4.79 Å². The third kappa shape index (κ3) is 13.5. The smallest absolute Gasteiger partial charge is 0.220 e. The first kappa shape index (κ1) is 17.5. The molecule has 0 saturated carbocycles. The Hall–Kier alpha value is -0.530. The second kappa shape index (κ2) is 11.6. The SMILES string of the molecule is CC(C)CCCCCCCCNC(=O)CC(C)C. The zero-order chi connectivity index (χ0) is 13.8. The van der Waals surface area contributed by atoms with Gasteiger partial charge in [-0.3, -0.25) is 4.79 Å². The van der Waals surface area contributed by atoms with Gasteiger partial charge in [0, 0.05) is 13.0 Å². The monoisotopic (exact) mass is 255 g/mol. The molecule has 0 aromatic heterocycles. The van der Waals surface area contributed by atoms with Crippen molar-refractivity contribution in [2.24, 2.45) is 11.8 Å². The van der Waals surface area contributed by atoms with Crippen LogP contribution in [0.2, 0.25) is 0 Å². The normalized spacial score (nSPS) is 11.2. The van der Waals surface area contributed by atoms with Crippen molar-refractivity contribution in [1.29, 1.82) is 0 Å². The van der Waals surface area contributed by atoms with Crippen molar-refractivity contribution >= 4 is 5.91 Å². The predicted molar refractivity (Wildman–Crippen MR) is 79.6 cm³/mol. The van der Waals surface area contributed by atoms with Gasteiger partial charge in [-0.25, -0.2) is 0 Å². The molecule has 2 nitrogen and oxygen atoms in total. The number of hydrogen-bond acceptors (Lipinski definition) is 1. The van der Waals surface area contributed by atoms with Crippen LogP contribution in [0.3, 0.4) is 0 Å². The number of carbonyl (C=O) groups excluding carboxylic acids is 1. The molecule has 0 rings (SSSR count). The van der Waals surface area contributed by atoms with Gasteiger partial charge in [0.1, 0.15) is 0 Å². The maximum Gasteiger partial charge on any atom is 0.220 e. The van der Waals surface area contributed by atoms with E-state index in [0.29, 0.717) is 12.3 Å². The average Bonchev–Trinajstić information content (AvgIpc) is 2.25. The molecule has 0 aromatic carbocycles. The topological polar surface area (TPSA) is 29.1 Å². The fourth-order valence-electron chi connectivity index (χ4n) is 2.06. The second-order valence-corrected chi connectivity index (χ2v) is 6.25. The maximum atomic E-state index is 11.4. The van der Waals surface area contributed by atoms with E-state index < -0.39 is 0 Å². The molecule has 2 heteroatoms. The van der Waals surface area contributed by atoms with Crippen molar-refractivity contribution in [3.8, 4) is 0 Å². The molecule has 0 spiro atoms. The highest BCUT2D eigenvalue weighted by atomic mass is 16.1. The Morgan fingerprint density at radius 1 is 0.833 bits per heavy atom. The molecule has 0 heterocycles. The van der Waals surface area contributed by atoms with Gasteiger partial charge in [0.15, 0.2) is 0 Å². The van der Waals surface area contributed by atoms with Crippen molar-refractivity contribution in [1.82, 2.24) is 5.32 Å². The molecule has 0 saturated heterocycles. The van der Waals surface area contributed by atoms with Gasteiger partial charge in [-0.05, 0) is 18.3 Å². The van der Waals surface area contributed by atoms with Crippen LogP contribution in [0.15, 0.2) is 0 Å². The molecule has 0 aliphatic heterocycles. The summed E-state index contributed by atoms with van der Waals surface area (Å²) >= 11 is 0. The number of rotatable bonds is 11. The quantitative estimate of drug-likeness (QED) is 0.540. The van der Waals surface area contributed by atoms with Gasteiger partial charge < -0.3 is 5.32 Å². The molecule has 0 bridgehead atoms. The van der Waals surface area contributed by atoms with Crippen LogP contribution in [0.25, 0.3) is 0 Å².